The van der Waals surface area contributed by atoms with E-state index in [0.29, 0.717) is 12.6 Å². The lowest BCUT2D eigenvalue weighted by Crippen LogP contribution is -2.32. The van der Waals surface area contributed by atoms with Gasteiger partial charge in [-0.2, -0.15) is 0 Å². The summed E-state index contributed by atoms with van der Waals surface area (Å²) in [5, 5.41) is 2.86. The lowest BCUT2D eigenvalue weighted by molar-refractivity contribution is 0.0955. The lowest BCUT2D eigenvalue weighted by atomic mass is 10.00. The number of nitrogens with zero attached hydrogens (tertiary/aromatic N) is 1. The summed E-state index contributed by atoms with van der Waals surface area (Å²) in [6.07, 6.45) is 2.13. The number of nitrogens with one attached hydrogen (secondary N) is 1. The zero-order valence-electron chi connectivity index (χ0n) is 14.2. The first kappa shape index (κ1) is 17.7. The Morgan fingerprint density at radius 2 is 1.81 bits per heavy atom. The van der Waals surface area contributed by atoms with Gasteiger partial charge in [0, 0.05) is 31.2 Å². The molecule has 0 saturated heterocycles. The van der Waals surface area contributed by atoms with Crippen LogP contribution in [0.25, 0.3) is 0 Å². The summed E-state index contributed by atoms with van der Waals surface area (Å²) in [5.41, 5.74) is 3.53. The highest BCUT2D eigenvalue weighted by Crippen LogP contribution is 2.19. The average molecular weight is 290 g/mol. The normalized spacial score (nSPS) is 14.8. The number of carbonyl (C=O) groups excluding carboxylic acids is 1. The van der Waals surface area contributed by atoms with E-state index in [0.717, 1.165) is 31.5 Å². The highest BCUT2D eigenvalue weighted by atomic mass is 16.1. The molecule has 1 aromatic carbocycles. The van der Waals surface area contributed by atoms with E-state index in [9.17, 15) is 4.79 Å². The number of rotatable bonds is 3. The Bertz CT molecular complexity index is 455. The molecule has 0 aromatic heterocycles. The molecule has 1 aliphatic rings. The summed E-state index contributed by atoms with van der Waals surface area (Å²) >= 11 is 0. The van der Waals surface area contributed by atoms with Gasteiger partial charge in [-0.05, 0) is 56.9 Å². The maximum atomic E-state index is 11.9. The number of carbonyl (C=O) groups is 1. The van der Waals surface area contributed by atoms with Crippen LogP contribution in [0.3, 0.4) is 0 Å². The summed E-state index contributed by atoms with van der Waals surface area (Å²) in [6, 6.07) is 6.75. The zero-order chi connectivity index (χ0) is 15.8. The van der Waals surface area contributed by atoms with Crippen LogP contribution in [-0.2, 0) is 12.8 Å². The molecule has 0 unspecified atom stereocenters. The van der Waals surface area contributed by atoms with Gasteiger partial charge in [0.25, 0.3) is 5.91 Å². The van der Waals surface area contributed by atoms with Crippen molar-refractivity contribution in [1.82, 2.24) is 10.2 Å². The predicted molar refractivity (Wildman–Crippen MR) is 89.9 cm³/mol. The molecule has 1 aliphatic heterocycles. The largest absolute Gasteiger partial charge is 0.352 e. The van der Waals surface area contributed by atoms with Gasteiger partial charge in [0.2, 0.25) is 0 Å². The van der Waals surface area contributed by atoms with Gasteiger partial charge in [-0.15, -0.1) is 0 Å². The number of amides is 1. The van der Waals surface area contributed by atoms with Gasteiger partial charge in [-0.3, -0.25) is 4.79 Å². The minimum absolute atomic E-state index is 0.0373. The van der Waals surface area contributed by atoms with Crippen molar-refractivity contribution in [3.05, 3.63) is 34.9 Å². The van der Waals surface area contributed by atoms with E-state index >= 15 is 0 Å². The summed E-state index contributed by atoms with van der Waals surface area (Å²) in [7, 11) is 0. The fourth-order valence-electron chi connectivity index (χ4n) is 2.66. The highest BCUT2D eigenvalue weighted by molar-refractivity contribution is 5.94. The fourth-order valence-corrected chi connectivity index (χ4v) is 2.66. The van der Waals surface area contributed by atoms with Crippen molar-refractivity contribution < 1.29 is 4.79 Å². The molecule has 1 aromatic rings. The van der Waals surface area contributed by atoms with Crippen LogP contribution in [0.1, 0.15) is 56.1 Å². The molecule has 1 N–H and O–H groups in total. The second-order valence-corrected chi connectivity index (χ2v) is 5.47. The van der Waals surface area contributed by atoms with Gasteiger partial charge in [0.05, 0.1) is 0 Å². The van der Waals surface area contributed by atoms with Gasteiger partial charge < -0.3 is 10.2 Å². The third-order valence-corrected chi connectivity index (χ3v) is 3.87. The Labute approximate surface area is 129 Å². The number of benzene rings is 1. The van der Waals surface area contributed by atoms with E-state index < -0.39 is 0 Å². The molecule has 0 radical (unpaired) electrons. The summed E-state index contributed by atoms with van der Waals surface area (Å²) in [5.74, 6) is 0.0373. The van der Waals surface area contributed by atoms with Crippen molar-refractivity contribution >= 4 is 5.91 Å². The standard InChI is InChI=1S/C16H24N2O.C2H6/c1-4-17-16(19)15-6-5-13-7-9-18(12(2)3)10-8-14(13)11-15;1-2/h5-6,11-12H,4,7-10H2,1-3H3,(H,17,19);1-2H3. The Morgan fingerprint density at radius 1 is 1.19 bits per heavy atom. The first-order chi connectivity index (χ1) is 10.1. The van der Waals surface area contributed by atoms with Gasteiger partial charge in [0.15, 0.2) is 0 Å². The topological polar surface area (TPSA) is 32.3 Å². The second kappa shape index (κ2) is 8.83. The van der Waals surface area contributed by atoms with E-state index in [4.69, 9.17) is 0 Å². The molecule has 0 aliphatic carbocycles. The number of hydrogen-bond acceptors (Lipinski definition) is 2. The summed E-state index contributed by atoms with van der Waals surface area (Å²) in [6.45, 7) is 13.3. The van der Waals surface area contributed by atoms with Crippen molar-refractivity contribution in [3.63, 3.8) is 0 Å². The van der Waals surface area contributed by atoms with Crippen molar-refractivity contribution in [3.8, 4) is 0 Å². The maximum absolute atomic E-state index is 11.9. The number of hydrogen-bond donors (Lipinski definition) is 1. The minimum Gasteiger partial charge on any atom is -0.352 e. The molecule has 21 heavy (non-hydrogen) atoms. The van der Waals surface area contributed by atoms with Gasteiger partial charge in [-0.1, -0.05) is 19.9 Å². The molecular formula is C18H30N2O. The van der Waals surface area contributed by atoms with E-state index in [1.807, 2.05) is 26.8 Å². The van der Waals surface area contributed by atoms with Crippen LogP contribution in [0.2, 0.25) is 0 Å². The average Bonchev–Trinajstić information content (AvgIpc) is 2.71. The second-order valence-electron chi connectivity index (χ2n) is 5.47. The van der Waals surface area contributed by atoms with Crippen molar-refractivity contribution in [1.29, 1.82) is 0 Å². The van der Waals surface area contributed by atoms with Crippen LogP contribution in [-0.4, -0.2) is 36.5 Å². The monoisotopic (exact) mass is 290 g/mol. The van der Waals surface area contributed by atoms with Gasteiger partial charge in [-0.25, -0.2) is 0 Å². The molecule has 0 spiro atoms. The van der Waals surface area contributed by atoms with Crippen LogP contribution in [0.4, 0.5) is 0 Å². The van der Waals surface area contributed by atoms with E-state index in [1.165, 1.54) is 11.1 Å². The molecule has 0 atom stereocenters. The summed E-state index contributed by atoms with van der Waals surface area (Å²) < 4.78 is 0. The van der Waals surface area contributed by atoms with Crippen molar-refractivity contribution in [2.75, 3.05) is 19.6 Å². The molecular weight excluding hydrogens is 260 g/mol. The van der Waals surface area contributed by atoms with Crippen LogP contribution < -0.4 is 5.32 Å². The maximum Gasteiger partial charge on any atom is 0.251 e. The third kappa shape index (κ3) is 4.85. The lowest BCUT2D eigenvalue weighted by Gasteiger charge is -2.23. The van der Waals surface area contributed by atoms with Crippen LogP contribution in [0.5, 0.6) is 0 Å². The van der Waals surface area contributed by atoms with Crippen molar-refractivity contribution in [2.45, 2.75) is 53.5 Å². The Morgan fingerprint density at radius 3 is 2.38 bits per heavy atom. The Hall–Kier alpha value is -1.35. The highest BCUT2D eigenvalue weighted by Gasteiger charge is 2.17. The van der Waals surface area contributed by atoms with Crippen molar-refractivity contribution in [2.24, 2.45) is 0 Å². The fraction of sp³-hybridized carbons (Fsp3) is 0.611. The minimum atomic E-state index is 0.0373. The molecule has 1 heterocycles. The Kier molecular flexibility index (Phi) is 7.44. The van der Waals surface area contributed by atoms with Crippen LogP contribution in [0, 0.1) is 0 Å². The van der Waals surface area contributed by atoms with Gasteiger partial charge >= 0.3 is 0 Å². The van der Waals surface area contributed by atoms with Gasteiger partial charge in [0.1, 0.15) is 0 Å². The molecule has 1 amide bonds. The SMILES string of the molecule is CC.CCNC(=O)c1ccc2c(c1)CCN(C(C)C)CC2. The molecule has 0 saturated carbocycles. The van der Waals surface area contributed by atoms with E-state index in [-0.39, 0.29) is 5.91 Å². The quantitative estimate of drug-likeness (QED) is 0.926. The molecule has 0 bridgehead atoms. The third-order valence-electron chi connectivity index (χ3n) is 3.87. The Balaban J connectivity index is 0.00000106. The molecule has 3 nitrogen and oxygen atoms in total. The molecule has 3 heteroatoms. The first-order valence-corrected chi connectivity index (χ1v) is 8.26. The summed E-state index contributed by atoms with van der Waals surface area (Å²) in [4.78, 5) is 14.4. The van der Waals surface area contributed by atoms with Crippen LogP contribution >= 0.6 is 0 Å². The van der Waals surface area contributed by atoms with E-state index in [2.05, 4.69) is 36.2 Å². The van der Waals surface area contributed by atoms with Crippen LogP contribution in [0.15, 0.2) is 18.2 Å². The predicted octanol–water partition coefficient (Wildman–Crippen LogP) is 3.27. The molecule has 0 fully saturated rings. The first-order valence-electron chi connectivity index (χ1n) is 8.26. The van der Waals surface area contributed by atoms with E-state index in [1.54, 1.807) is 0 Å². The molecule has 2 rings (SSSR count). The number of fused-ring (bicyclic) bond motifs is 1. The zero-order valence-corrected chi connectivity index (χ0v) is 14.2. The molecule has 118 valence electrons. The smallest absolute Gasteiger partial charge is 0.251 e.